The normalized spacial score (nSPS) is 30.2. The third kappa shape index (κ3) is 1.84. The lowest BCUT2D eigenvalue weighted by atomic mass is 9.97. The Bertz CT molecular complexity index is 643. The first kappa shape index (κ1) is 13.2. The van der Waals surface area contributed by atoms with Gasteiger partial charge in [0, 0.05) is 5.92 Å². The van der Waals surface area contributed by atoms with Crippen LogP contribution in [0.4, 0.5) is 10.2 Å². The molecule has 2 N–H and O–H groups in total. The Labute approximate surface area is 116 Å². The van der Waals surface area contributed by atoms with Gasteiger partial charge in [-0.05, 0) is 13.3 Å². The van der Waals surface area contributed by atoms with Gasteiger partial charge in [0.25, 0.3) is 0 Å². The van der Waals surface area contributed by atoms with Crippen LogP contribution in [0, 0.1) is 12.8 Å². The first-order chi connectivity index (χ1) is 9.52. The number of nitrogens with zero attached hydrogens (tertiary/aromatic N) is 4. The minimum atomic E-state index is -1.07. The van der Waals surface area contributed by atoms with Gasteiger partial charge >= 0.3 is 0 Å². The molecule has 2 aromatic rings. The molecule has 0 unspecified atom stereocenters. The fourth-order valence-corrected chi connectivity index (χ4v) is 2.79. The number of ether oxygens (including phenoxy) is 1. The summed E-state index contributed by atoms with van der Waals surface area (Å²) >= 11 is 0. The van der Waals surface area contributed by atoms with Gasteiger partial charge in [-0.15, -0.1) is 0 Å². The molecular formula is C13H18FN5O. The molecule has 1 fully saturated rings. The van der Waals surface area contributed by atoms with Gasteiger partial charge in [-0.3, -0.25) is 0 Å². The Balaban J connectivity index is 2.07. The van der Waals surface area contributed by atoms with E-state index in [9.17, 15) is 4.39 Å². The molecule has 1 aliphatic heterocycles. The summed E-state index contributed by atoms with van der Waals surface area (Å²) in [5, 5.41) is 4.27. The average molecular weight is 279 g/mol. The molecule has 0 radical (unpaired) electrons. The Morgan fingerprint density at radius 3 is 2.90 bits per heavy atom. The van der Waals surface area contributed by atoms with Crippen LogP contribution >= 0.6 is 0 Å². The number of alkyl halides is 1. The third-order valence-corrected chi connectivity index (χ3v) is 3.91. The van der Waals surface area contributed by atoms with Crippen molar-refractivity contribution in [3.8, 4) is 0 Å². The number of hydrogen-bond donors (Lipinski definition) is 1. The second-order valence-electron chi connectivity index (χ2n) is 5.27. The van der Waals surface area contributed by atoms with Crippen molar-refractivity contribution >= 4 is 11.5 Å². The number of hydrogen-bond acceptors (Lipinski definition) is 5. The highest BCUT2D eigenvalue weighted by Crippen LogP contribution is 2.40. The van der Waals surface area contributed by atoms with Gasteiger partial charge in [0.05, 0.1) is 18.0 Å². The Morgan fingerprint density at radius 2 is 2.25 bits per heavy atom. The zero-order chi connectivity index (χ0) is 14.4. The quantitative estimate of drug-likeness (QED) is 0.907. The van der Waals surface area contributed by atoms with E-state index in [-0.39, 0.29) is 17.8 Å². The van der Waals surface area contributed by atoms with E-state index in [0.29, 0.717) is 17.2 Å². The monoisotopic (exact) mass is 279 g/mol. The maximum atomic E-state index is 14.5. The number of anilines is 1. The van der Waals surface area contributed by atoms with Crippen molar-refractivity contribution < 1.29 is 9.13 Å². The van der Waals surface area contributed by atoms with Gasteiger partial charge in [-0.1, -0.05) is 13.8 Å². The van der Waals surface area contributed by atoms with Crippen LogP contribution < -0.4 is 5.73 Å². The maximum absolute atomic E-state index is 14.5. The number of fused-ring (bicyclic) bond motifs is 1. The molecule has 7 heteroatoms. The molecule has 108 valence electrons. The van der Waals surface area contributed by atoms with Gasteiger partial charge in [0.15, 0.2) is 11.5 Å². The summed E-state index contributed by atoms with van der Waals surface area (Å²) in [5.41, 5.74) is 6.84. The van der Waals surface area contributed by atoms with Crippen LogP contribution in [0.3, 0.4) is 0 Å². The zero-order valence-corrected chi connectivity index (χ0v) is 11.7. The molecule has 6 nitrogen and oxygen atoms in total. The Kier molecular flexibility index (Phi) is 3.08. The smallest absolute Gasteiger partial charge is 0.196 e. The molecule has 2 aromatic heterocycles. The second kappa shape index (κ2) is 4.66. The molecule has 0 aromatic carbocycles. The number of nitrogen functional groups attached to an aromatic ring is 1. The highest BCUT2D eigenvalue weighted by atomic mass is 19.1. The van der Waals surface area contributed by atoms with Gasteiger partial charge in [0.1, 0.15) is 18.1 Å². The second-order valence-corrected chi connectivity index (χ2v) is 5.27. The van der Waals surface area contributed by atoms with Gasteiger partial charge in [-0.2, -0.15) is 5.10 Å². The minimum absolute atomic E-state index is 0.0826. The number of aromatic nitrogens is 4. The summed E-state index contributed by atoms with van der Waals surface area (Å²) in [6.45, 7) is 5.60. The highest BCUT2D eigenvalue weighted by molar-refractivity contribution is 5.59. The van der Waals surface area contributed by atoms with E-state index in [2.05, 4.69) is 15.1 Å². The molecule has 1 aliphatic rings. The Morgan fingerprint density at radius 1 is 1.50 bits per heavy atom. The number of halogens is 1. The number of aryl methyl sites for hydroxylation is 1. The summed E-state index contributed by atoms with van der Waals surface area (Å²) in [6, 6.07) is 0. The topological polar surface area (TPSA) is 78.3 Å². The van der Waals surface area contributed by atoms with Crippen LogP contribution in [0.5, 0.6) is 0 Å². The fraction of sp³-hybridized carbons (Fsp3) is 0.615. The van der Waals surface area contributed by atoms with E-state index >= 15 is 0 Å². The van der Waals surface area contributed by atoms with Crippen molar-refractivity contribution in [3.05, 3.63) is 17.7 Å². The predicted molar refractivity (Wildman–Crippen MR) is 71.9 cm³/mol. The molecule has 3 rings (SSSR count). The predicted octanol–water partition coefficient (Wildman–Crippen LogP) is 1.84. The lowest BCUT2D eigenvalue weighted by Crippen LogP contribution is -2.18. The molecule has 20 heavy (non-hydrogen) atoms. The van der Waals surface area contributed by atoms with Crippen molar-refractivity contribution in [3.63, 3.8) is 0 Å². The SMILES string of the molecule is CC[C@H]1O[C@@H](c2cnc3c(N)nc(C)nn23)[C@H](F)[C@@H]1C. The molecule has 0 amide bonds. The number of imidazole rings is 1. The van der Waals surface area contributed by atoms with E-state index in [1.165, 1.54) is 0 Å². The first-order valence-corrected chi connectivity index (χ1v) is 6.80. The standard InChI is InChI=1S/C13H18FN5O/c1-4-9-6(2)10(14)11(20-9)8-5-16-13-12(15)17-7(3)18-19(8)13/h5-6,9-11H,4H2,1-3H3,(H2,15,17,18)/t6-,9-,10-,11+/m1/s1. The lowest BCUT2D eigenvalue weighted by Gasteiger charge is -2.12. The van der Waals surface area contributed by atoms with Crippen molar-refractivity contribution in [2.24, 2.45) is 5.92 Å². The molecule has 1 saturated heterocycles. The summed E-state index contributed by atoms with van der Waals surface area (Å²) in [5.74, 6) is 0.663. The summed E-state index contributed by atoms with van der Waals surface area (Å²) in [7, 11) is 0. The van der Waals surface area contributed by atoms with Crippen LogP contribution in [0.2, 0.25) is 0 Å². The summed E-state index contributed by atoms with van der Waals surface area (Å²) in [4.78, 5) is 8.24. The average Bonchev–Trinajstić information content (AvgIpc) is 2.93. The molecule has 0 spiro atoms. The Hall–Kier alpha value is -1.76. The van der Waals surface area contributed by atoms with E-state index < -0.39 is 12.3 Å². The van der Waals surface area contributed by atoms with Gasteiger partial charge in [-0.25, -0.2) is 18.9 Å². The maximum Gasteiger partial charge on any atom is 0.196 e. The van der Waals surface area contributed by atoms with E-state index in [0.717, 1.165) is 6.42 Å². The molecule has 0 bridgehead atoms. The number of rotatable bonds is 2. The first-order valence-electron chi connectivity index (χ1n) is 6.80. The van der Waals surface area contributed by atoms with Crippen LogP contribution in [-0.4, -0.2) is 31.9 Å². The van der Waals surface area contributed by atoms with Crippen molar-refractivity contribution in [1.82, 2.24) is 19.6 Å². The van der Waals surface area contributed by atoms with E-state index in [1.54, 1.807) is 17.6 Å². The number of nitrogens with two attached hydrogens (primary N) is 1. The van der Waals surface area contributed by atoms with Crippen LogP contribution in [0.15, 0.2) is 6.20 Å². The largest absolute Gasteiger partial charge is 0.380 e. The molecule has 0 saturated carbocycles. The summed E-state index contributed by atoms with van der Waals surface area (Å²) in [6.07, 6.45) is 0.545. The van der Waals surface area contributed by atoms with E-state index in [4.69, 9.17) is 10.5 Å². The lowest BCUT2D eigenvalue weighted by molar-refractivity contribution is 0.0196. The van der Waals surface area contributed by atoms with Gasteiger partial charge in [0.2, 0.25) is 0 Å². The van der Waals surface area contributed by atoms with Crippen molar-refractivity contribution in [1.29, 1.82) is 0 Å². The zero-order valence-electron chi connectivity index (χ0n) is 11.7. The van der Waals surface area contributed by atoms with Crippen LogP contribution in [-0.2, 0) is 4.74 Å². The van der Waals surface area contributed by atoms with Crippen molar-refractivity contribution in [2.45, 2.75) is 45.6 Å². The molecule has 3 heterocycles. The van der Waals surface area contributed by atoms with Crippen LogP contribution in [0.25, 0.3) is 5.65 Å². The molecule has 0 aliphatic carbocycles. The fourth-order valence-electron chi connectivity index (χ4n) is 2.79. The van der Waals surface area contributed by atoms with Crippen LogP contribution in [0.1, 0.15) is 37.9 Å². The summed E-state index contributed by atoms with van der Waals surface area (Å²) < 4.78 is 21.8. The van der Waals surface area contributed by atoms with E-state index in [1.807, 2.05) is 13.8 Å². The molecule has 4 atom stereocenters. The third-order valence-electron chi connectivity index (χ3n) is 3.91. The van der Waals surface area contributed by atoms with Gasteiger partial charge < -0.3 is 10.5 Å². The van der Waals surface area contributed by atoms with Crippen molar-refractivity contribution in [2.75, 3.05) is 5.73 Å². The minimum Gasteiger partial charge on any atom is -0.380 e. The molecular weight excluding hydrogens is 261 g/mol. The highest BCUT2D eigenvalue weighted by Gasteiger charge is 2.43.